The number of morpholine rings is 1. The number of rotatable bonds is 3. The van der Waals surface area contributed by atoms with Crippen molar-refractivity contribution in [3.63, 3.8) is 0 Å². The highest BCUT2D eigenvalue weighted by molar-refractivity contribution is 5.21. The Kier molecular flexibility index (Phi) is 4.27. The van der Waals surface area contributed by atoms with Crippen molar-refractivity contribution in [3.8, 4) is 0 Å². The second kappa shape index (κ2) is 6.33. The second-order valence-corrected chi connectivity index (χ2v) is 5.29. The molecule has 2 aromatic rings. The van der Waals surface area contributed by atoms with E-state index in [-0.39, 0.29) is 12.1 Å². The minimum atomic E-state index is -0.831. The Morgan fingerprint density at radius 2 is 1.86 bits per heavy atom. The lowest BCUT2D eigenvalue weighted by Gasteiger charge is -2.30. The third-order valence-electron chi connectivity index (χ3n) is 3.73. The molecule has 1 heterocycles. The number of nitrogens with one attached hydrogen (secondary N) is 1. The third kappa shape index (κ3) is 3.46. The molecule has 2 nitrogen and oxygen atoms in total. The van der Waals surface area contributed by atoms with Gasteiger partial charge in [-0.05, 0) is 29.7 Å². The average molecular weight is 289 g/mol. The first-order valence-corrected chi connectivity index (χ1v) is 7.06. The first kappa shape index (κ1) is 14.2. The summed E-state index contributed by atoms with van der Waals surface area (Å²) >= 11 is 0. The summed E-state index contributed by atoms with van der Waals surface area (Å²) in [5.41, 5.74) is 1.92. The van der Waals surface area contributed by atoms with Gasteiger partial charge in [0.2, 0.25) is 0 Å². The molecular formula is C17H17F2NO. The molecule has 0 bridgehead atoms. The number of hydrogen-bond acceptors (Lipinski definition) is 2. The van der Waals surface area contributed by atoms with Gasteiger partial charge in [-0.2, -0.15) is 0 Å². The maximum absolute atomic E-state index is 13.2. The minimum Gasteiger partial charge on any atom is -0.371 e. The van der Waals surface area contributed by atoms with Crippen LogP contribution in [-0.2, 0) is 11.2 Å². The van der Waals surface area contributed by atoms with Gasteiger partial charge in [0.05, 0.1) is 12.7 Å². The maximum atomic E-state index is 13.2. The van der Waals surface area contributed by atoms with Crippen molar-refractivity contribution in [2.75, 3.05) is 13.2 Å². The summed E-state index contributed by atoms with van der Waals surface area (Å²) in [7, 11) is 0. The molecule has 2 aromatic carbocycles. The van der Waals surface area contributed by atoms with Gasteiger partial charge < -0.3 is 10.1 Å². The Balaban J connectivity index is 1.58. The van der Waals surface area contributed by atoms with Crippen LogP contribution >= 0.6 is 0 Å². The fraction of sp³-hybridized carbons (Fsp3) is 0.294. The number of ether oxygens (including phenoxy) is 1. The van der Waals surface area contributed by atoms with Gasteiger partial charge in [-0.15, -0.1) is 0 Å². The molecule has 1 aliphatic rings. The van der Waals surface area contributed by atoms with Crippen LogP contribution in [0, 0.1) is 11.6 Å². The van der Waals surface area contributed by atoms with E-state index in [1.807, 2.05) is 18.2 Å². The quantitative estimate of drug-likeness (QED) is 0.936. The van der Waals surface area contributed by atoms with Crippen LogP contribution in [0.15, 0.2) is 48.5 Å². The van der Waals surface area contributed by atoms with Crippen molar-refractivity contribution >= 4 is 0 Å². The van der Waals surface area contributed by atoms with E-state index in [9.17, 15) is 8.78 Å². The summed E-state index contributed by atoms with van der Waals surface area (Å²) in [5, 5.41) is 3.41. The highest BCUT2D eigenvalue weighted by Gasteiger charge is 2.23. The molecule has 0 amide bonds. The monoisotopic (exact) mass is 289 g/mol. The molecule has 2 atom stereocenters. The van der Waals surface area contributed by atoms with Crippen LogP contribution < -0.4 is 5.32 Å². The van der Waals surface area contributed by atoms with Gasteiger partial charge in [0, 0.05) is 12.6 Å². The Bertz CT molecular complexity index is 595. The molecule has 4 heteroatoms. The molecule has 0 saturated carbocycles. The molecule has 2 unspecified atom stereocenters. The van der Waals surface area contributed by atoms with E-state index in [0.717, 1.165) is 12.5 Å². The van der Waals surface area contributed by atoms with Crippen LogP contribution in [0.4, 0.5) is 8.78 Å². The fourth-order valence-electron chi connectivity index (χ4n) is 2.58. The van der Waals surface area contributed by atoms with Gasteiger partial charge in [-0.1, -0.05) is 36.4 Å². The van der Waals surface area contributed by atoms with Gasteiger partial charge >= 0.3 is 0 Å². The van der Waals surface area contributed by atoms with Gasteiger partial charge in [0.1, 0.15) is 0 Å². The van der Waals surface area contributed by atoms with Crippen LogP contribution in [0.3, 0.4) is 0 Å². The molecule has 1 saturated heterocycles. The average Bonchev–Trinajstić information content (AvgIpc) is 2.52. The van der Waals surface area contributed by atoms with Gasteiger partial charge in [0.25, 0.3) is 0 Å². The second-order valence-electron chi connectivity index (χ2n) is 5.29. The Hall–Kier alpha value is -1.78. The normalized spacial score (nSPS) is 22.2. The third-order valence-corrected chi connectivity index (χ3v) is 3.73. The summed E-state index contributed by atoms with van der Waals surface area (Å²) in [6, 6.07) is 14.4. The number of halogens is 2. The van der Waals surface area contributed by atoms with Crippen molar-refractivity contribution in [1.29, 1.82) is 0 Å². The summed E-state index contributed by atoms with van der Waals surface area (Å²) < 4.78 is 32.0. The van der Waals surface area contributed by atoms with Crippen LogP contribution in [0.5, 0.6) is 0 Å². The Morgan fingerprint density at radius 1 is 1.05 bits per heavy atom. The molecule has 1 aliphatic heterocycles. The van der Waals surface area contributed by atoms with E-state index in [4.69, 9.17) is 4.74 Å². The standard InChI is InChI=1S/C17H17F2NO/c18-15-7-6-13(9-16(15)19)17-10-20-14(11-21-17)8-12-4-2-1-3-5-12/h1-7,9,14,17,20H,8,10-11H2. The molecule has 0 aromatic heterocycles. The zero-order valence-electron chi connectivity index (χ0n) is 11.6. The number of hydrogen-bond donors (Lipinski definition) is 1. The van der Waals surface area contributed by atoms with E-state index in [1.54, 1.807) is 6.07 Å². The fourth-order valence-corrected chi connectivity index (χ4v) is 2.58. The molecule has 0 spiro atoms. The zero-order chi connectivity index (χ0) is 14.7. The number of benzene rings is 2. The zero-order valence-corrected chi connectivity index (χ0v) is 11.6. The Labute approximate surface area is 122 Å². The largest absolute Gasteiger partial charge is 0.371 e. The molecule has 0 radical (unpaired) electrons. The summed E-state index contributed by atoms with van der Waals surface area (Å²) in [5.74, 6) is -1.66. The summed E-state index contributed by atoms with van der Waals surface area (Å²) in [6.07, 6.45) is 0.665. The van der Waals surface area contributed by atoms with Crippen molar-refractivity contribution < 1.29 is 13.5 Å². The summed E-state index contributed by atoms with van der Waals surface area (Å²) in [6.45, 7) is 1.15. The van der Waals surface area contributed by atoms with E-state index < -0.39 is 11.6 Å². The molecule has 110 valence electrons. The Morgan fingerprint density at radius 3 is 2.52 bits per heavy atom. The van der Waals surface area contributed by atoms with E-state index >= 15 is 0 Å². The van der Waals surface area contributed by atoms with Crippen molar-refractivity contribution in [1.82, 2.24) is 5.32 Å². The lowest BCUT2D eigenvalue weighted by molar-refractivity contribution is 0.00287. The maximum Gasteiger partial charge on any atom is 0.159 e. The van der Waals surface area contributed by atoms with Crippen molar-refractivity contribution in [3.05, 3.63) is 71.3 Å². The van der Waals surface area contributed by atoms with Gasteiger partial charge in [0.15, 0.2) is 11.6 Å². The highest BCUT2D eigenvalue weighted by atomic mass is 19.2. The van der Waals surface area contributed by atoms with E-state index in [0.29, 0.717) is 18.7 Å². The lowest BCUT2D eigenvalue weighted by Crippen LogP contribution is -2.44. The molecule has 1 N–H and O–H groups in total. The van der Waals surface area contributed by atoms with Crippen LogP contribution in [0.1, 0.15) is 17.2 Å². The smallest absolute Gasteiger partial charge is 0.159 e. The van der Waals surface area contributed by atoms with Crippen LogP contribution in [0.2, 0.25) is 0 Å². The molecule has 0 aliphatic carbocycles. The van der Waals surface area contributed by atoms with Crippen LogP contribution in [0.25, 0.3) is 0 Å². The highest BCUT2D eigenvalue weighted by Crippen LogP contribution is 2.22. The first-order valence-electron chi connectivity index (χ1n) is 7.06. The lowest BCUT2D eigenvalue weighted by atomic mass is 10.0. The molecule has 3 rings (SSSR count). The van der Waals surface area contributed by atoms with Crippen LogP contribution in [-0.4, -0.2) is 19.2 Å². The predicted octanol–water partition coefficient (Wildman–Crippen LogP) is 3.24. The first-order chi connectivity index (χ1) is 10.2. The van der Waals surface area contributed by atoms with Crippen molar-refractivity contribution in [2.24, 2.45) is 0 Å². The molecule has 21 heavy (non-hydrogen) atoms. The van der Waals surface area contributed by atoms with E-state index in [2.05, 4.69) is 17.4 Å². The molecular weight excluding hydrogens is 272 g/mol. The van der Waals surface area contributed by atoms with E-state index in [1.165, 1.54) is 11.6 Å². The topological polar surface area (TPSA) is 21.3 Å². The SMILES string of the molecule is Fc1ccc(C2CNC(Cc3ccccc3)CO2)cc1F. The minimum absolute atomic E-state index is 0.230. The van der Waals surface area contributed by atoms with Crippen molar-refractivity contribution in [2.45, 2.75) is 18.6 Å². The predicted molar refractivity (Wildman–Crippen MR) is 77.0 cm³/mol. The summed E-state index contributed by atoms with van der Waals surface area (Å²) in [4.78, 5) is 0. The van der Waals surface area contributed by atoms with Gasteiger partial charge in [-0.3, -0.25) is 0 Å². The van der Waals surface area contributed by atoms with Gasteiger partial charge in [-0.25, -0.2) is 8.78 Å². The molecule has 1 fully saturated rings.